The zero-order chi connectivity index (χ0) is 13.6. The Morgan fingerprint density at radius 2 is 1.94 bits per heavy atom. The van der Waals surface area contributed by atoms with Gasteiger partial charge in [-0.15, -0.1) is 0 Å². The van der Waals surface area contributed by atoms with Crippen molar-refractivity contribution in [3.63, 3.8) is 0 Å². The summed E-state index contributed by atoms with van der Waals surface area (Å²) in [5, 5.41) is 6.05. The summed E-state index contributed by atoms with van der Waals surface area (Å²) >= 11 is 0. The molecule has 1 amide bonds. The summed E-state index contributed by atoms with van der Waals surface area (Å²) < 4.78 is 0. The van der Waals surface area contributed by atoms with Crippen LogP contribution < -0.4 is 10.6 Å². The van der Waals surface area contributed by atoms with E-state index >= 15 is 0 Å². The quantitative estimate of drug-likeness (QED) is 0.803. The minimum Gasteiger partial charge on any atom is -0.354 e. The predicted octanol–water partition coefficient (Wildman–Crippen LogP) is 1.47. The summed E-state index contributed by atoms with van der Waals surface area (Å²) in [6, 6.07) is 4.29. The lowest BCUT2D eigenvalue weighted by Crippen LogP contribution is -2.42. The molecule has 1 rings (SSSR count). The van der Waals surface area contributed by atoms with Crippen LogP contribution in [-0.4, -0.2) is 30.0 Å². The van der Waals surface area contributed by atoms with Crippen molar-refractivity contribution in [2.45, 2.75) is 39.2 Å². The van der Waals surface area contributed by atoms with Crippen molar-refractivity contribution in [3.05, 3.63) is 30.1 Å². The van der Waals surface area contributed by atoms with Gasteiger partial charge in [0.25, 0.3) is 0 Å². The Labute approximate surface area is 109 Å². The van der Waals surface area contributed by atoms with Gasteiger partial charge in [0.05, 0.1) is 6.54 Å². The maximum Gasteiger partial charge on any atom is 0.233 e. The summed E-state index contributed by atoms with van der Waals surface area (Å²) in [5.41, 5.74) is 1.09. The van der Waals surface area contributed by atoms with Crippen LogP contribution in [0.25, 0.3) is 0 Å². The number of hydrogen-bond donors (Lipinski definition) is 2. The van der Waals surface area contributed by atoms with E-state index in [1.165, 1.54) is 5.56 Å². The largest absolute Gasteiger partial charge is 0.354 e. The summed E-state index contributed by atoms with van der Waals surface area (Å²) in [6.45, 7) is 9.25. The van der Waals surface area contributed by atoms with E-state index in [0.29, 0.717) is 19.1 Å². The highest BCUT2D eigenvalue weighted by Crippen LogP contribution is 2.20. The average molecular weight is 249 g/mol. The highest BCUT2D eigenvalue weighted by atomic mass is 16.1. The van der Waals surface area contributed by atoms with Crippen molar-refractivity contribution in [2.75, 3.05) is 13.1 Å². The molecule has 0 bridgehead atoms. The van der Waals surface area contributed by atoms with Gasteiger partial charge in [-0.1, -0.05) is 27.7 Å². The molecule has 0 spiro atoms. The normalized spacial score (nSPS) is 11.6. The Morgan fingerprint density at radius 3 is 2.50 bits per heavy atom. The average Bonchev–Trinajstić information content (AvgIpc) is 2.35. The van der Waals surface area contributed by atoms with Gasteiger partial charge in [-0.05, 0) is 17.7 Å². The fraction of sp³-hybridized carbons (Fsp3) is 0.571. The maximum absolute atomic E-state index is 11.6. The van der Waals surface area contributed by atoms with Crippen LogP contribution in [-0.2, 0) is 10.2 Å². The molecule has 0 fully saturated rings. The van der Waals surface area contributed by atoms with E-state index in [2.05, 4.69) is 29.5 Å². The van der Waals surface area contributed by atoms with Crippen LogP contribution in [0.1, 0.15) is 33.3 Å². The first-order chi connectivity index (χ1) is 8.42. The van der Waals surface area contributed by atoms with Crippen molar-refractivity contribution in [2.24, 2.45) is 0 Å². The summed E-state index contributed by atoms with van der Waals surface area (Å²) in [7, 11) is 0. The molecule has 0 unspecified atom stereocenters. The third-order valence-electron chi connectivity index (χ3n) is 2.86. The topological polar surface area (TPSA) is 54.0 Å². The van der Waals surface area contributed by atoms with E-state index in [9.17, 15) is 4.79 Å². The third kappa shape index (κ3) is 4.84. The third-order valence-corrected chi connectivity index (χ3v) is 2.86. The molecule has 0 aromatic carbocycles. The molecule has 18 heavy (non-hydrogen) atoms. The molecule has 4 nitrogen and oxygen atoms in total. The zero-order valence-corrected chi connectivity index (χ0v) is 11.7. The number of aromatic nitrogens is 1. The Bertz CT molecular complexity index is 374. The van der Waals surface area contributed by atoms with Crippen LogP contribution in [0.15, 0.2) is 24.5 Å². The van der Waals surface area contributed by atoms with Crippen molar-refractivity contribution in [1.29, 1.82) is 0 Å². The molecule has 100 valence electrons. The Kier molecular flexibility index (Phi) is 5.28. The van der Waals surface area contributed by atoms with E-state index in [1.54, 1.807) is 12.4 Å². The molecule has 1 aromatic rings. The van der Waals surface area contributed by atoms with Crippen LogP contribution in [0.4, 0.5) is 0 Å². The maximum atomic E-state index is 11.6. The molecule has 0 atom stereocenters. The van der Waals surface area contributed by atoms with Crippen LogP contribution in [0.3, 0.4) is 0 Å². The summed E-state index contributed by atoms with van der Waals surface area (Å²) in [5.74, 6) is 0.0332. The van der Waals surface area contributed by atoms with Crippen LogP contribution in [0.2, 0.25) is 0 Å². The molecule has 4 heteroatoms. The van der Waals surface area contributed by atoms with Gasteiger partial charge >= 0.3 is 0 Å². The standard InChI is InChI=1S/C14H23N3O/c1-11(2)16-9-13(18)17-10-14(3,4)12-5-7-15-8-6-12/h5-8,11,16H,9-10H2,1-4H3,(H,17,18). The number of hydrogen-bond acceptors (Lipinski definition) is 3. The van der Waals surface area contributed by atoms with Gasteiger partial charge in [0.2, 0.25) is 5.91 Å². The molecular weight excluding hydrogens is 226 g/mol. The van der Waals surface area contributed by atoms with Gasteiger partial charge in [-0.2, -0.15) is 0 Å². The fourth-order valence-electron chi connectivity index (χ4n) is 1.58. The van der Waals surface area contributed by atoms with Gasteiger partial charge in [0, 0.05) is 30.4 Å². The van der Waals surface area contributed by atoms with E-state index in [4.69, 9.17) is 0 Å². The lowest BCUT2D eigenvalue weighted by Gasteiger charge is -2.25. The van der Waals surface area contributed by atoms with Gasteiger partial charge in [-0.3, -0.25) is 9.78 Å². The SMILES string of the molecule is CC(C)NCC(=O)NCC(C)(C)c1ccncc1. The minimum atomic E-state index is -0.0869. The molecular formula is C14H23N3O. The number of nitrogens with zero attached hydrogens (tertiary/aromatic N) is 1. The Hall–Kier alpha value is -1.42. The summed E-state index contributed by atoms with van der Waals surface area (Å²) in [6.07, 6.45) is 3.55. The molecule has 0 saturated heterocycles. The second-order valence-corrected chi connectivity index (χ2v) is 5.43. The van der Waals surface area contributed by atoms with Crippen LogP contribution in [0, 0.1) is 0 Å². The fourth-order valence-corrected chi connectivity index (χ4v) is 1.58. The first-order valence-electron chi connectivity index (χ1n) is 6.32. The minimum absolute atomic E-state index is 0.0332. The molecule has 0 aliphatic heterocycles. The lowest BCUT2D eigenvalue weighted by atomic mass is 9.85. The number of rotatable bonds is 6. The van der Waals surface area contributed by atoms with Crippen LogP contribution in [0.5, 0.6) is 0 Å². The van der Waals surface area contributed by atoms with Gasteiger partial charge in [0.1, 0.15) is 0 Å². The van der Waals surface area contributed by atoms with Crippen molar-refractivity contribution in [3.8, 4) is 0 Å². The number of pyridine rings is 1. The van der Waals surface area contributed by atoms with Crippen molar-refractivity contribution in [1.82, 2.24) is 15.6 Å². The van der Waals surface area contributed by atoms with Crippen molar-refractivity contribution < 1.29 is 4.79 Å². The zero-order valence-electron chi connectivity index (χ0n) is 11.7. The number of carbonyl (C=O) groups excluding carboxylic acids is 1. The van der Waals surface area contributed by atoms with E-state index in [-0.39, 0.29) is 11.3 Å². The number of nitrogens with one attached hydrogen (secondary N) is 2. The molecule has 2 N–H and O–H groups in total. The molecule has 1 aromatic heterocycles. The molecule has 0 aliphatic carbocycles. The Morgan fingerprint density at radius 1 is 1.33 bits per heavy atom. The first-order valence-corrected chi connectivity index (χ1v) is 6.32. The van der Waals surface area contributed by atoms with E-state index < -0.39 is 0 Å². The van der Waals surface area contributed by atoms with Crippen molar-refractivity contribution >= 4 is 5.91 Å². The van der Waals surface area contributed by atoms with Crippen LogP contribution >= 0.6 is 0 Å². The first kappa shape index (κ1) is 14.6. The lowest BCUT2D eigenvalue weighted by molar-refractivity contribution is -0.120. The smallest absolute Gasteiger partial charge is 0.233 e. The van der Waals surface area contributed by atoms with E-state index in [1.807, 2.05) is 26.0 Å². The van der Waals surface area contributed by atoms with Gasteiger partial charge in [-0.25, -0.2) is 0 Å². The van der Waals surface area contributed by atoms with Gasteiger partial charge < -0.3 is 10.6 Å². The van der Waals surface area contributed by atoms with E-state index in [0.717, 1.165) is 0 Å². The number of carbonyl (C=O) groups is 1. The molecule has 0 radical (unpaired) electrons. The number of amides is 1. The highest BCUT2D eigenvalue weighted by Gasteiger charge is 2.21. The molecule has 1 heterocycles. The Balaban J connectivity index is 2.45. The summed E-state index contributed by atoms with van der Waals surface area (Å²) in [4.78, 5) is 15.6. The monoisotopic (exact) mass is 249 g/mol. The highest BCUT2D eigenvalue weighted by molar-refractivity contribution is 5.78. The molecule has 0 aliphatic rings. The second-order valence-electron chi connectivity index (χ2n) is 5.43. The predicted molar refractivity (Wildman–Crippen MR) is 73.4 cm³/mol. The molecule has 0 saturated carbocycles. The van der Waals surface area contributed by atoms with Gasteiger partial charge in [0.15, 0.2) is 0 Å². The second kappa shape index (κ2) is 6.50.